The Morgan fingerprint density at radius 1 is 1.36 bits per heavy atom. The predicted octanol–water partition coefficient (Wildman–Crippen LogP) is 1.86. The van der Waals surface area contributed by atoms with Gasteiger partial charge in [-0.2, -0.15) is 0 Å². The summed E-state index contributed by atoms with van der Waals surface area (Å²) in [4.78, 5) is 42.4. The molecule has 2 aliphatic heterocycles. The maximum atomic E-state index is 12.5. The lowest BCUT2D eigenvalue weighted by Crippen LogP contribution is -2.70. The number of ether oxygens (including phenoxy) is 1. The molecule has 0 radical (unpaired) electrons. The molecule has 2 amide bonds. The van der Waals surface area contributed by atoms with Crippen molar-refractivity contribution in [2.24, 2.45) is 5.16 Å². The second-order valence-corrected chi connectivity index (χ2v) is 7.80. The highest BCUT2D eigenvalue weighted by molar-refractivity contribution is 8.00. The first-order valence-corrected chi connectivity index (χ1v) is 10.2. The van der Waals surface area contributed by atoms with Crippen molar-refractivity contribution in [1.82, 2.24) is 10.2 Å². The number of aliphatic carboxylic acids is 1. The van der Waals surface area contributed by atoms with E-state index in [1.165, 1.54) is 29.0 Å². The first-order valence-electron chi connectivity index (χ1n) is 9.17. The maximum absolute atomic E-state index is 12.5. The van der Waals surface area contributed by atoms with Crippen molar-refractivity contribution in [2.75, 3.05) is 12.4 Å². The van der Waals surface area contributed by atoms with Crippen LogP contribution in [-0.2, 0) is 19.2 Å². The highest BCUT2D eigenvalue weighted by atomic mass is 32.2. The number of oxime groups is 1. The lowest BCUT2D eigenvalue weighted by molar-refractivity contribution is -0.149. The molecule has 1 aliphatic carbocycles. The Morgan fingerprint density at radius 3 is 2.79 bits per heavy atom. The molecule has 0 aromatic carbocycles. The van der Waals surface area contributed by atoms with Crippen LogP contribution in [-0.4, -0.2) is 64.1 Å². The molecule has 3 rings (SSSR count). The quantitative estimate of drug-likeness (QED) is 0.217. The first kappa shape index (κ1) is 20.2. The molecule has 2 heterocycles. The number of carboxylic acid groups (broad SMARTS) is 1. The zero-order valence-corrected chi connectivity index (χ0v) is 16.2. The minimum Gasteiger partial charge on any atom is -0.477 e. The van der Waals surface area contributed by atoms with E-state index in [1.54, 1.807) is 0 Å². The fraction of sp³-hybridized carbons (Fsp3) is 0.556. The van der Waals surface area contributed by atoms with Gasteiger partial charge in [-0.3, -0.25) is 9.69 Å². The minimum absolute atomic E-state index is 0.119. The summed E-state index contributed by atoms with van der Waals surface area (Å²) in [6, 6.07) is -0.800. The van der Waals surface area contributed by atoms with Gasteiger partial charge in [0, 0.05) is 11.3 Å². The van der Waals surface area contributed by atoms with E-state index in [-0.39, 0.29) is 18.4 Å². The Morgan fingerprint density at radius 2 is 2.11 bits per heavy atom. The topological polar surface area (TPSA) is 118 Å². The van der Waals surface area contributed by atoms with E-state index in [2.05, 4.69) is 17.1 Å². The van der Waals surface area contributed by atoms with Gasteiger partial charge in [-0.25, -0.2) is 9.59 Å². The van der Waals surface area contributed by atoms with Crippen molar-refractivity contribution in [2.45, 2.75) is 49.6 Å². The molecule has 2 fully saturated rings. The van der Waals surface area contributed by atoms with Gasteiger partial charge in [0.2, 0.25) is 0 Å². The molecule has 0 aromatic rings. The summed E-state index contributed by atoms with van der Waals surface area (Å²) in [6.45, 7) is 3.69. The van der Waals surface area contributed by atoms with Gasteiger partial charge in [-0.05, 0) is 25.7 Å². The molecule has 0 spiro atoms. The Bertz CT molecular complexity index is 716. The number of carbonyl (C=O) groups excluding carboxylic acids is 2. The Labute approximate surface area is 166 Å². The molecule has 28 heavy (non-hydrogen) atoms. The van der Waals surface area contributed by atoms with Gasteiger partial charge in [0.05, 0.1) is 6.21 Å². The fourth-order valence-electron chi connectivity index (χ4n) is 3.43. The van der Waals surface area contributed by atoms with Crippen LogP contribution in [0, 0.1) is 0 Å². The number of hydrogen-bond acceptors (Lipinski definition) is 7. The summed E-state index contributed by atoms with van der Waals surface area (Å²) in [6.07, 6.45) is 6.92. The van der Waals surface area contributed by atoms with E-state index in [9.17, 15) is 19.5 Å². The number of carboxylic acids is 1. The number of rotatable bonds is 7. The molecule has 3 aliphatic rings. The zero-order chi connectivity index (χ0) is 20.1. The summed E-state index contributed by atoms with van der Waals surface area (Å²) in [5.74, 6) is -1.38. The number of fused-ring (bicyclic) bond motifs is 1. The van der Waals surface area contributed by atoms with Crippen LogP contribution < -0.4 is 5.32 Å². The maximum Gasteiger partial charge on any atom is 0.408 e. The highest BCUT2D eigenvalue weighted by Gasteiger charge is 2.54. The average molecular weight is 409 g/mol. The predicted molar refractivity (Wildman–Crippen MR) is 103 cm³/mol. The Balaban J connectivity index is 1.63. The molecule has 0 aromatic heterocycles. The monoisotopic (exact) mass is 409 g/mol. The van der Waals surface area contributed by atoms with Crippen LogP contribution in [0.25, 0.3) is 0 Å². The molecule has 1 saturated carbocycles. The summed E-state index contributed by atoms with van der Waals surface area (Å²) >= 11 is 1.35. The molecule has 0 bridgehead atoms. The van der Waals surface area contributed by atoms with Crippen molar-refractivity contribution in [3.05, 3.63) is 23.9 Å². The number of hydrogen-bond donors (Lipinski definition) is 2. The van der Waals surface area contributed by atoms with Gasteiger partial charge >= 0.3 is 12.1 Å². The van der Waals surface area contributed by atoms with Crippen molar-refractivity contribution in [1.29, 1.82) is 0 Å². The largest absolute Gasteiger partial charge is 0.477 e. The molecule has 10 heteroatoms. The van der Waals surface area contributed by atoms with Gasteiger partial charge < -0.3 is 20.0 Å². The number of amides is 2. The zero-order valence-electron chi connectivity index (χ0n) is 15.3. The summed E-state index contributed by atoms with van der Waals surface area (Å²) in [5, 5.41) is 15.4. The molecule has 2 N–H and O–H groups in total. The number of β-lactam (4-membered cyclic amide) rings is 1. The summed E-state index contributed by atoms with van der Waals surface area (Å²) < 4.78 is 5.39. The third-order valence-corrected chi connectivity index (χ3v) is 6.08. The standard InChI is InChI=1S/C18H23N3O6S/c1-2-8-26-19-9-11-10-28-16-13(15(22)21(16)14(11)17(23)24)20-18(25)27-12-6-4-3-5-7-12/h2,9,12-13,16H,1,3-8,10H2,(H,20,25)(H,23,24)/b19-9+/t13-,16-/m1/s1. The number of alkyl carbamates (subject to hydrolysis) is 1. The van der Waals surface area contributed by atoms with Gasteiger partial charge in [0.25, 0.3) is 5.91 Å². The number of nitrogens with one attached hydrogen (secondary N) is 1. The first-order chi connectivity index (χ1) is 13.5. The smallest absolute Gasteiger partial charge is 0.408 e. The van der Waals surface area contributed by atoms with E-state index in [0.717, 1.165) is 32.1 Å². The highest BCUT2D eigenvalue weighted by Crippen LogP contribution is 2.40. The van der Waals surface area contributed by atoms with Gasteiger partial charge in [0.15, 0.2) is 0 Å². The van der Waals surface area contributed by atoms with Crippen molar-refractivity contribution >= 4 is 35.9 Å². The molecule has 152 valence electrons. The molecule has 1 saturated heterocycles. The van der Waals surface area contributed by atoms with Gasteiger partial charge in [-0.1, -0.05) is 24.2 Å². The molecular weight excluding hydrogens is 386 g/mol. The number of carbonyl (C=O) groups is 3. The Kier molecular flexibility index (Phi) is 6.61. The minimum atomic E-state index is -1.23. The Hall–Kier alpha value is -2.49. The van der Waals surface area contributed by atoms with Crippen LogP contribution in [0.5, 0.6) is 0 Å². The van der Waals surface area contributed by atoms with Crippen LogP contribution in [0.3, 0.4) is 0 Å². The van der Waals surface area contributed by atoms with Crippen molar-refractivity contribution in [3.8, 4) is 0 Å². The van der Waals surface area contributed by atoms with Crippen LogP contribution in [0.1, 0.15) is 32.1 Å². The second-order valence-electron chi connectivity index (χ2n) is 6.70. The summed E-state index contributed by atoms with van der Waals surface area (Å²) in [5.41, 5.74) is 0.229. The lowest BCUT2D eigenvalue weighted by atomic mass is 9.98. The molecule has 9 nitrogen and oxygen atoms in total. The number of thioether (sulfide) groups is 1. The second kappa shape index (κ2) is 9.13. The lowest BCUT2D eigenvalue weighted by Gasteiger charge is -2.48. The molecule has 2 atom stereocenters. The van der Waals surface area contributed by atoms with Crippen molar-refractivity contribution < 1.29 is 29.1 Å². The van der Waals surface area contributed by atoms with Crippen molar-refractivity contribution in [3.63, 3.8) is 0 Å². The number of nitrogens with zero attached hydrogens (tertiary/aromatic N) is 2. The van der Waals surface area contributed by atoms with Crippen LogP contribution in [0.15, 0.2) is 29.1 Å². The SMILES string of the molecule is C=CCO/N=C/C1=C(C(=O)O)N2C(=O)[C@@H](NC(=O)OC3CCCCC3)[C@H]2SC1. The van der Waals surface area contributed by atoms with E-state index < -0.39 is 29.4 Å². The van der Waals surface area contributed by atoms with Gasteiger partial charge in [-0.15, -0.1) is 11.8 Å². The molecular formula is C18H23N3O6S. The van der Waals surface area contributed by atoms with E-state index in [0.29, 0.717) is 11.3 Å². The van der Waals surface area contributed by atoms with Crippen LogP contribution >= 0.6 is 11.8 Å². The van der Waals surface area contributed by atoms with E-state index in [4.69, 9.17) is 9.57 Å². The van der Waals surface area contributed by atoms with Crippen LogP contribution in [0.2, 0.25) is 0 Å². The van der Waals surface area contributed by atoms with Crippen LogP contribution in [0.4, 0.5) is 4.79 Å². The van der Waals surface area contributed by atoms with E-state index >= 15 is 0 Å². The average Bonchev–Trinajstić information content (AvgIpc) is 2.69. The third-order valence-electron chi connectivity index (χ3n) is 4.78. The van der Waals surface area contributed by atoms with E-state index in [1.807, 2.05) is 0 Å². The fourth-order valence-corrected chi connectivity index (χ4v) is 4.73. The summed E-state index contributed by atoms with van der Waals surface area (Å²) in [7, 11) is 0. The normalized spacial score (nSPS) is 25.1. The third kappa shape index (κ3) is 4.32. The molecule has 0 unspecified atom stereocenters. The van der Waals surface area contributed by atoms with Gasteiger partial charge in [0.1, 0.15) is 29.8 Å².